The smallest absolute Gasteiger partial charge is 0.268 e. The fourth-order valence-corrected chi connectivity index (χ4v) is 4.34. The van der Waals surface area contributed by atoms with Gasteiger partial charge in [0.15, 0.2) is 0 Å². The average molecular weight is 359 g/mol. The molecule has 132 valence electrons. The lowest BCUT2D eigenvalue weighted by molar-refractivity contribution is 0.413. The summed E-state index contributed by atoms with van der Waals surface area (Å²) in [7, 11) is -0.601. The molecule has 0 N–H and O–H groups in total. The van der Waals surface area contributed by atoms with Gasteiger partial charge in [0.05, 0.1) is 24.6 Å². The Morgan fingerprint density at radius 3 is 2.40 bits per heavy atom. The van der Waals surface area contributed by atoms with Crippen LogP contribution in [0.25, 0.3) is 10.9 Å². The molecule has 1 heterocycles. The van der Waals surface area contributed by atoms with Crippen molar-refractivity contribution in [2.24, 2.45) is 0 Å². The minimum absolute atomic E-state index is 0.197. The molecule has 0 saturated heterocycles. The quantitative estimate of drug-likeness (QED) is 0.671. The predicted molar refractivity (Wildman–Crippen MR) is 98.1 cm³/mol. The Hall–Kier alpha value is -2.47. The third-order valence-electron chi connectivity index (χ3n) is 4.18. The number of ether oxygens (including phenoxy) is 2. The van der Waals surface area contributed by atoms with Gasteiger partial charge in [-0.05, 0) is 42.3 Å². The molecule has 0 bridgehead atoms. The summed E-state index contributed by atoms with van der Waals surface area (Å²) in [6, 6.07) is 11.9. The monoisotopic (exact) mass is 359 g/mol. The molecule has 0 amide bonds. The Morgan fingerprint density at radius 2 is 1.72 bits per heavy atom. The Bertz CT molecular complexity index is 1010. The summed E-state index contributed by atoms with van der Waals surface area (Å²) in [6.07, 6.45) is 3.43. The van der Waals surface area contributed by atoms with E-state index in [1.165, 1.54) is 17.1 Å². The molecule has 3 aromatic rings. The van der Waals surface area contributed by atoms with Gasteiger partial charge < -0.3 is 9.47 Å². The van der Waals surface area contributed by atoms with Crippen LogP contribution in [0.5, 0.6) is 11.5 Å². The minimum atomic E-state index is -3.72. The summed E-state index contributed by atoms with van der Waals surface area (Å²) in [6.45, 7) is 2.07. The van der Waals surface area contributed by atoms with E-state index in [0.29, 0.717) is 17.0 Å². The maximum absolute atomic E-state index is 13.2. The number of aromatic nitrogens is 1. The molecule has 0 aliphatic carbocycles. The fourth-order valence-electron chi connectivity index (χ4n) is 2.91. The van der Waals surface area contributed by atoms with E-state index in [4.69, 9.17) is 9.47 Å². The van der Waals surface area contributed by atoms with E-state index in [0.717, 1.165) is 23.8 Å². The van der Waals surface area contributed by atoms with E-state index in [1.807, 2.05) is 6.07 Å². The van der Waals surface area contributed by atoms with Gasteiger partial charge in [-0.2, -0.15) is 0 Å². The van der Waals surface area contributed by atoms with E-state index in [-0.39, 0.29) is 4.90 Å². The molecule has 0 aliphatic rings. The molecule has 1 aromatic heterocycles. The third-order valence-corrected chi connectivity index (χ3v) is 5.85. The molecule has 25 heavy (non-hydrogen) atoms. The number of benzene rings is 2. The van der Waals surface area contributed by atoms with Gasteiger partial charge in [-0.25, -0.2) is 12.4 Å². The van der Waals surface area contributed by atoms with Crippen LogP contribution in [0, 0.1) is 0 Å². The lowest BCUT2D eigenvalue weighted by atomic mass is 10.1. The van der Waals surface area contributed by atoms with Crippen molar-refractivity contribution in [3.8, 4) is 11.5 Å². The lowest BCUT2D eigenvalue weighted by Gasteiger charge is -2.09. The maximum atomic E-state index is 13.2. The zero-order chi connectivity index (χ0) is 18.0. The number of rotatable bonds is 6. The predicted octanol–water partition coefficient (Wildman–Crippen LogP) is 3.85. The van der Waals surface area contributed by atoms with E-state index in [2.05, 4.69) is 6.92 Å². The van der Waals surface area contributed by atoms with Crippen molar-refractivity contribution in [1.82, 2.24) is 3.97 Å². The first kappa shape index (κ1) is 17.4. The fraction of sp³-hybridized carbons (Fsp3) is 0.263. The van der Waals surface area contributed by atoms with Gasteiger partial charge in [0, 0.05) is 17.6 Å². The van der Waals surface area contributed by atoms with E-state index in [9.17, 15) is 8.42 Å². The minimum Gasteiger partial charge on any atom is -0.497 e. The normalized spacial score (nSPS) is 11.6. The average Bonchev–Trinajstić information content (AvgIpc) is 3.00. The highest BCUT2D eigenvalue weighted by Gasteiger charge is 2.22. The van der Waals surface area contributed by atoms with Crippen LogP contribution in [0.4, 0.5) is 0 Å². The van der Waals surface area contributed by atoms with Crippen LogP contribution in [0.2, 0.25) is 0 Å². The molecule has 0 radical (unpaired) electrons. The largest absolute Gasteiger partial charge is 0.497 e. The van der Waals surface area contributed by atoms with Gasteiger partial charge in [-0.3, -0.25) is 0 Å². The number of hydrogen-bond donors (Lipinski definition) is 0. The van der Waals surface area contributed by atoms with Crippen LogP contribution in [-0.4, -0.2) is 26.6 Å². The number of fused-ring (bicyclic) bond motifs is 1. The molecule has 0 atom stereocenters. The Morgan fingerprint density at radius 1 is 1.00 bits per heavy atom. The first-order valence-electron chi connectivity index (χ1n) is 8.09. The molecule has 0 fully saturated rings. The van der Waals surface area contributed by atoms with Crippen molar-refractivity contribution in [3.63, 3.8) is 0 Å². The second kappa shape index (κ2) is 6.80. The highest BCUT2D eigenvalue weighted by Crippen LogP contribution is 2.30. The van der Waals surface area contributed by atoms with Gasteiger partial charge >= 0.3 is 0 Å². The van der Waals surface area contributed by atoms with Crippen LogP contribution in [-0.2, 0) is 16.4 Å². The second-order valence-corrected chi connectivity index (χ2v) is 7.58. The van der Waals surface area contributed by atoms with Crippen molar-refractivity contribution in [2.45, 2.75) is 24.7 Å². The maximum Gasteiger partial charge on any atom is 0.268 e. The van der Waals surface area contributed by atoms with Gasteiger partial charge in [0.2, 0.25) is 0 Å². The molecule has 0 aliphatic heterocycles. The summed E-state index contributed by atoms with van der Waals surface area (Å²) in [5.41, 5.74) is 1.63. The molecule has 3 rings (SSSR count). The SMILES string of the molecule is CCCc1cn(S(=O)(=O)c2cccc(OC)c2)c2ccc(OC)cc12. The van der Waals surface area contributed by atoms with Crippen molar-refractivity contribution < 1.29 is 17.9 Å². The third kappa shape index (κ3) is 3.09. The number of methoxy groups -OCH3 is 2. The van der Waals surface area contributed by atoms with E-state index < -0.39 is 10.0 Å². The van der Waals surface area contributed by atoms with Crippen LogP contribution in [0.15, 0.2) is 53.6 Å². The highest BCUT2D eigenvalue weighted by molar-refractivity contribution is 7.90. The second-order valence-electron chi connectivity index (χ2n) is 5.77. The first-order valence-corrected chi connectivity index (χ1v) is 9.53. The summed E-state index contributed by atoms with van der Waals surface area (Å²) in [4.78, 5) is 0.197. The standard InChI is InChI=1S/C19H21NO4S/c1-4-6-14-13-20(19-10-9-16(24-3)12-18(14)19)25(21,22)17-8-5-7-15(11-17)23-2/h5,7-13H,4,6H2,1-3H3. The Labute approximate surface area is 147 Å². The first-order chi connectivity index (χ1) is 12.0. The molecule has 0 saturated carbocycles. The van der Waals surface area contributed by atoms with Crippen LogP contribution >= 0.6 is 0 Å². The van der Waals surface area contributed by atoms with Crippen molar-refractivity contribution in [2.75, 3.05) is 14.2 Å². The van der Waals surface area contributed by atoms with E-state index in [1.54, 1.807) is 43.6 Å². The van der Waals surface area contributed by atoms with Crippen LogP contribution in [0.3, 0.4) is 0 Å². The summed E-state index contributed by atoms with van der Waals surface area (Å²) in [5.74, 6) is 1.22. The van der Waals surface area contributed by atoms with Crippen LogP contribution < -0.4 is 9.47 Å². The molecular weight excluding hydrogens is 338 g/mol. The summed E-state index contributed by atoms with van der Waals surface area (Å²) >= 11 is 0. The summed E-state index contributed by atoms with van der Waals surface area (Å²) < 4.78 is 38.1. The van der Waals surface area contributed by atoms with Gasteiger partial charge in [-0.1, -0.05) is 19.4 Å². The van der Waals surface area contributed by atoms with Crippen molar-refractivity contribution in [1.29, 1.82) is 0 Å². The molecule has 0 spiro atoms. The molecule has 5 nitrogen and oxygen atoms in total. The van der Waals surface area contributed by atoms with Gasteiger partial charge in [-0.15, -0.1) is 0 Å². The topological polar surface area (TPSA) is 57.5 Å². The number of aryl methyl sites for hydroxylation is 1. The van der Waals surface area contributed by atoms with Gasteiger partial charge in [0.1, 0.15) is 11.5 Å². The van der Waals surface area contributed by atoms with Crippen molar-refractivity contribution >= 4 is 20.9 Å². The highest BCUT2D eigenvalue weighted by atomic mass is 32.2. The molecule has 2 aromatic carbocycles. The van der Waals surface area contributed by atoms with E-state index >= 15 is 0 Å². The lowest BCUT2D eigenvalue weighted by Crippen LogP contribution is -2.12. The zero-order valence-electron chi connectivity index (χ0n) is 14.5. The Kier molecular flexibility index (Phi) is 4.72. The number of nitrogens with zero attached hydrogens (tertiary/aromatic N) is 1. The molecule has 0 unspecified atom stereocenters. The molecule has 6 heteroatoms. The van der Waals surface area contributed by atoms with Gasteiger partial charge in [0.25, 0.3) is 10.0 Å². The summed E-state index contributed by atoms with van der Waals surface area (Å²) in [5, 5.41) is 0.896. The molecular formula is C19H21NO4S. The number of hydrogen-bond acceptors (Lipinski definition) is 4. The Balaban J connectivity index is 2.23. The zero-order valence-corrected chi connectivity index (χ0v) is 15.3. The van der Waals surface area contributed by atoms with Crippen LogP contribution in [0.1, 0.15) is 18.9 Å². The van der Waals surface area contributed by atoms with Crippen molar-refractivity contribution in [3.05, 3.63) is 54.2 Å².